The van der Waals surface area contributed by atoms with Gasteiger partial charge in [0.2, 0.25) is 0 Å². The highest BCUT2D eigenvalue weighted by Crippen LogP contribution is 2.50. The van der Waals surface area contributed by atoms with Crippen LogP contribution in [0.4, 0.5) is 13.2 Å². The molecule has 0 aromatic carbocycles. The topological polar surface area (TPSA) is 52.3 Å². The fourth-order valence-corrected chi connectivity index (χ4v) is 1.53. The highest BCUT2D eigenvalue weighted by Gasteiger charge is 2.66. The van der Waals surface area contributed by atoms with E-state index in [1.165, 1.54) is 20.8 Å². The predicted molar refractivity (Wildman–Crippen MR) is 49.0 cm³/mol. The quantitative estimate of drug-likeness (QED) is 0.731. The second-order valence-electron chi connectivity index (χ2n) is 4.35. The molecule has 1 atom stereocenters. The van der Waals surface area contributed by atoms with Gasteiger partial charge in [0, 0.05) is 6.54 Å². The van der Waals surface area contributed by atoms with Crippen LogP contribution in [0, 0.1) is 10.8 Å². The van der Waals surface area contributed by atoms with Crippen molar-refractivity contribution in [2.45, 2.75) is 26.9 Å². The van der Waals surface area contributed by atoms with Crippen LogP contribution in [-0.2, 0) is 9.53 Å². The summed E-state index contributed by atoms with van der Waals surface area (Å²) in [5.41, 5.74) is 1.12. The lowest BCUT2D eigenvalue weighted by atomic mass is 9.66. The van der Waals surface area contributed by atoms with Crippen LogP contribution in [-0.4, -0.2) is 25.8 Å². The van der Waals surface area contributed by atoms with Crippen molar-refractivity contribution < 1.29 is 22.7 Å². The van der Waals surface area contributed by atoms with Gasteiger partial charge in [-0.25, -0.2) is 0 Å². The van der Waals surface area contributed by atoms with Crippen molar-refractivity contribution in [1.29, 1.82) is 0 Å². The number of ether oxygens (including phenoxy) is 1. The maximum Gasteiger partial charge on any atom is 0.406 e. The zero-order valence-electron chi connectivity index (χ0n) is 9.23. The van der Waals surface area contributed by atoms with Crippen molar-refractivity contribution in [2.24, 2.45) is 16.6 Å². The van der Waals surface area contributed by atoms with E-state index in [1.807, 2.05) is 0 Å². The zero-order chi connectivity index (χ0) is 12.5. The van der Waals surface area contributed by atoms with Gasteiger partial charge in [-0.15, -0.1) is 0 Å². The number of hydrogen-bond acceptors (Lipinski definition) is 3. The minimum Gasteiger partial charge on any atom is -0.468 e. The SMILES string of the molecule is COC(=O)C(CN)(C(C)(C)C)C(F)(F)F. The lowest BCUT2D eigenvalue weighted by Crippen LogP contribution is -2.58. The second-order valence-corrected chi connectivity index (χ2v) is 4.35. The first-order valence-electron chi connectivity index (χ1n) is 4.40. The average Bonchev–Trinajstić information content (AvgIpc) is 2.00. The number of halogens is 3. The summed E-state index contributed by atoms with van der Waals surface area (Å²) in [5.74, 6) is -1.34. The van der Waals surface area contributed by atoms with Crippen molar-refractivity contribution in [3.05, 3.63) is 0 Å². The Kier molecular flexibility index (Phi) is 3.79. The molecule has 0 aliphatic heterocycles. The van der Waals surface area contributed by atoms with Gasteiger partial charge in [-0.2, -0.15) is 13.2 Å². The van der Waals surface area contributed by atoms with E-state index in [0.29, 0.717) is 0 Å². The molecule has 15 heavy (non-hydrogen) atoms. The van der Waals surface area contributed by atoms with Gasteiger partial charge in [0.25, 0.3) is 0 Å². The molecule has 0 radical (unpaired) electrons. The molecule has 90 valence electrons. The van der Waals surface area contributed by atoms with Crippen molar-refractivity contribution in [1.82, 2.24) is 0 Å². The van der Waals surface area contributed by atoms with Gasteiger partial charge in [0.1, 0.15) is 0 Å². The Hall–Kier alpha value is -0.780. The van der Waals surface area contributed by atoms with E-state index < -0.39 is 29.5 Å². The summed E-state index contributed by atoms with van der Waals surface area (Å²) in [5, 5.41) is 0. The van der Waals surface area contributed by atoms with Gasteiger partial charge < -0.3 is 10.5 Å². The van der Waals surface area contributed by atoms with Crippen LogP contribution >= 0.6 is 0 Å². The standard InChI is InChI=1S/C9H16F3NO2/c1-7(2,3)8(5-13,6(14)15-4)9(10,11)12/h5,13H2,1-4H3. The molecule has 0 fully saturated rings. The third-order valence-electron chi connectivity index (χ3n) is 2.60. The molecule has 6 heteroatoms. The van der Waals surface area contributed by atoms with E-state index in [4.69, 9.17) is 5.73 Å². The molecule has 0 rings (SSSR count). The molecule has 0 aromatic rings. The third kappa shape index (κ3) is 2.09. The number of carbonyl (C=O) groups is 1. The van der Waals surface area contributed by atoms with Crippen LogP contribution < -0.4 is 5.73 Å². The maximum absolute atomic E-state index is 12.9. The fraction of sp³-hybridized carbons (Fsp3) is 0.889. The molecule has 0 aliphatic carbocycles. The van der Waals surface area contributed by atoms with Crippen LogP contribution in [0.25, 0.3) is 0 Å². The highest BCUT2D eigenvalue weighted by molar-refractivity contribution is 5.79. The number of hydrogen-bond donors (Lipinski definition) is 1. The normalized spacial score (nSPS) is 17.1. The average molecular weight is 227 g/mol. The molecule has 1 unspecified atom stereocenters. The number of nitrogens with two attached hydrogens (primary N) is 1. The molecule has 0 aliphatic rings. The van der Waals surface area contributed by atoms with Gasteiger partial charge in [-0.1, -0.05) is 20.8 Å². The van der Waals surface area contributed by atoms with E-state index in [0.717, 1.165) is 7.11 Å². The van der Waals surface area contributed by atoms with Gasteiger partial charge in [-0.05, 0) is 5.41 Å². The van der Waals surface area contributed by atoms with Crippen molar-refractivity contribution in [3.63, 3.8) is 0 Å². The third-order valence-corrected chi connectivity index (χ3v) is 2.60. The Balaban J connectivity index is 5.64. The summed E-state index contributed by atoms with van der Waals surface area (Å²) in [4.78, 5) is 11.3. The van der Waals surface area contributed by atoms with E-state index in [9.17, 15) is 18.0 Å². The number of rotatable bonds is 2. The van der Waals surface area contributed by atoms with Crippen molar-refractivity contribution >= 4 is 5.97 Å². The summed E-state index contributed by atoms with van der Waals surface area (Å²) >= 11 is 0. The first-order chi connectivity index (χ1) is 6.54. The zero-order valence-corrected chi connectivity index (χ0v) is 9.23. The van der Waals surface area contributed by atoms with Crippen LogP contribution in [0.3, 0.4) is 0 Å². The molecule has 0 amide bonds. The summed E-state index contributed by atoms with van der Waals surface area (Å²) in [6, 6.07) is 0. The molecule has 0 bridgehead atoms. The first kappa shape index (κ1) is 14.2. The Morgan fingerprint density at radius 2 is 1.67 bits per heavy atom. The monoisotopic (exact) mass is 227 g/mol. The van der Waals surface area contributed by atoms with Gasteiger partial charge in [0.05, 0.1) is 7.11 Å². The lowest BCUT2D eigenvalue weighted by molar-refractivity contribution is -0.256. The van der Waals surface area contributed by atoms with E-state index in [2.05, 4.69) is 4.74 Å². The van der Waals surface area contributed by atoms with Crippen LogP contribution in [0.15, 0.2) is 0 Å². The molecule has 0 aromatic heterocycles. The minimum atomic E-state index is -4.73. The van der Waals surface area contributed by atoms with Gasteiger partial charge in [-0.3, -0.25) is 4.79 Å². The number of alkyl halides is 3. The molecule has 0 spiro atoms. The summed E-state index contributed by atoms with van der Waals surface area (Å²) < 4.78 is 43.0. The van der Waals surface area contributed by atoms with Crippen molar-refractivity contribution in [2.75, 3.05) is 13.7 Å². The smallest absolute Gasteiger partial charge is 0.406 e. The summed E-state index contributed by atoms with van der Waals surface area (Å²) in [7, 11) is 0.921. The van der Waals surface area contributed by atoms with E-state index in [1.54, 1.807) is 0 Å². The minimum absolute atomic E-state index is 0.827. The fourth-order valence-electron chi connectivity index (χ4n) is 1.53. The Labute approximate surface area is 86.8 Å². The highest BCUT2D eigenvalue weighted by atomic mass is 19.4. The number of carbonyl (C=O) groups excluding carboxylic acids is 1. The van der Waals surface area contributed by atoms with Crippen LogP contribution in [0.1, 0.15) is 20.8 Å². The molecule has 0 saturated carbocycles. The molecular weight excluding hydrogens is 211 g/mol. The molecule has 2 N–H and O–H groups in total. The summed E-state index contributed by atoms with van der Waals surface area (Å²) in [6.45, 7) is 3.10. The van der Waals surface area contributed by atoms with E-state index in [-0.39, 0.29) is 0 Å². The second kappa shape index (κ2) is 4.00. The van der Waals surface area contributed by atoms with Crippen molar-refractivity contribution in [3.8, 4) is 0 Å². The van der Waals surface area contributed by atoms with Gasteiger partial charge in [0.15, 0.2) is 5.41 Å². The van der Waals surface area contributed by atoms with Crippen LogP contribution in [0.2, 0.25) is 0 Å². The predicted octanol–water partition coefficient (Wildman–Crippen LogP) is 1.71. The van der Waals surface area contributed by atoms with E-state index >= 15 is 0 Å². The Morgan fingerprint density at radius 1 is 1.27 bits per heavy atom. The van der Waals surface area contributed by atoms with Gasteiger partial charge >= 0.3 is 12.1 Å². The summed E-state index contributed by atoms with van der Waals surface area (Å²) in [6.07, 6.45) is -4.73. The maximum atomic E-state index is 12.9. The Morgan fingerprint density at radius 3 is 1.73 bits per heavy atom. The molecule has 0 saturated heterocycles. The largest absolute Gasteiger partial charge is 0.468 e. The molecular formula is C9H16F3NO2. The Bertz CT molecular complexity index is 229. The number of esters is 1. The lowest BCUT2D eigenvalue weighted by Gasteiger charge is -2.42. The number of methoxy groups -OCH3 is 1. The van der Waals surface area contributed by atoms with Crippen LogP contribution in [0.5, 0.6) is 0 Å². The first-order valence-corrected chi connectivity index (χ1v) is 4.40. The molecule has 0 heterocycles. The molecule has 3 nitrogen and oxygen atoms in total.